The maximum Gasteiger partial charge on any atom is 0.242 e. The van der Waals surface area contributed by atoms with Gasteiger partial charge in [-0.05, 0) is 63.1 Å². The SMILES string of the molecule is CCCC(=O)N(Cc1ccc(F)cc1)[C@H](C)C(=O)NCCC1=CCCCC1. The third-order valence-corrected chi connectivity index (χ3v) is 5.03. The lowest BCUT2D eigenvalue weighted by atomic mass is 9.97. The Morgan fingerprint density at radius 3 is 2.59 bits per heavy atom. The molecule has 148 valence electrons. The van der Waals surface area contributed by atoms with Crippen LogP contribution in [0.3, 0.4) is 0 Å². The zero-order valence-electron chi connectivity index (χ0n) is 16.5. The summed E-state index contributed by atoms with van der Waals surface area (Å²) in [6, 6.07) is 5.50. The van der Waals surface area contributed by atoms with Gasteiger partial charge in [-0.15, -0.1) is 0 Å². The number of carbonyl (C=O) groups is 2. The van der Waals surface area contributed by atoms with Crippen LogP contribution in [-0.4, -0.2) is 29.3 Å². The number of hydrogen-bond donors (Lipinski definition) is 1. The summed E-state index contributed by atoms with van der Waals surface area (Å²) in [6.45, 7) is 4.60. The predicted octanol–water partition coefficient (Wildman–Crippen LogP) is 4.35. The molecule has 27 heavy (non-hydrogen) atoms. The van der Waals surface area contributed by atoms with Gasteiger partial charge in [-0.3, -0.25) is 9.59 Å². The third-order valence-electron chi connectivity index (χ3n) is 5.03. The summed E-state index contributed by atoms with van der Waals surface area (Å²) in [5.41, 5.74) is 2.23. The first kappa shape index (κ1) is 21.1. The van der Waals surface area contributed by atoms with Crippen molar-refractivity contribution in [1.82, 2.24) is 10.2 Å². The van der Waals surface area contributed by atoms with Gasteiger partial charge in [0.05, 0.1) is 0 Å². The number of rotatable bonds is 9. The fourth-order valence-corrected chi connectivity index (χ4v) is 3.35. The number of carbonyl (C=O) groups excluding carboxylic acids is 2. The molecule has 2 amide bonds. The number of amides is 2. The van der Waals surface area contributed by atoms with Crippen LogP contribution in [0.4, 0.5) is 4.39 Å². The average molecular weight is 375 g/mol. The smallest absolute Gasteiger partial charge is 0.242 e. The van der Waals surface area contributed by atoms with Crippen molar-refractivity contribution < 1.29 is 14.0 Å². The standard InChI is InChI=1S/C22H31FN2O2/c1-3-7-21(26)25(16-19-10-12-20(23)13-11-19)17(2)22(27)24-15-14-18-8-5-4-6-9-18/h8,10-13,17H,3-7,9,14-16H2,1-2H3,(H,24,27)/t17-/m1/s1. The van der Waals surface area contributed by atoms with Crippen molar-refractivity contribution in [2.75, 3.05) is 6.54 Å². The molecule has 4 nitrogen and oxygen atoms in total. The number of allylic oxidation sites excluding steroid dienone is 1. The molecule has 0 spiro atoms. The third kappa shape index (κ3) is 6.81. The zero-order chi connectivity index (χ0) is 19.6. The maximum absolute atomic E-state index is 13.1. The molecule has 5 heteroatoms. The Morgan fingerprint density at radius 2 is 1.96 bits per heavy atom. The Kier molecular flexibility index (Phi) is 8.49. The summed E-state index contributed by atoms with van der Waals surface area (Å²) in [5.74, 6) is -0.509. The van der Waals surface area contributed by atoms with E-state index >= 15 is 0 Å². The van der Waals surface area contributed by atoms with Gasteiger partial charge in [-0.1, -0.05) is 30.7 Å². The van der Waals surface area contributed by atoms with E-state index in [0.717, 1.165) is 31.2 Å². The molecule has 1 atom stereocenters. The minimum Gasteiger partial charge on any atom is -0.354 e. The fraction of sp³-hybridized carbons (Fsp3) is 0.545. The van der Waals surface area contributed by atoms with Crippen molar-refractivity contribution in [2.45, 2.75) is 71.4 Å². The van der Waals surface area contributed by atoms with Crippen LogP contribution in [0.1, 0.15) is 64.4 Å². The number of halogens is 1. The van der Waals surface area contributed by atoms with Gasteiger partial charge in [-0.25, -0.2) is 4.39 Å². The van der Waals surface area contributed by atoms with Crippen LogP contribution in [0.5, 0.6) is 0 Å². The fourth-order valence-electron chi connectivity index (χ4n) is 3.35. The summed E-state index contributed by atoms with van der Waals surface area (Å²) < 4.78 is 13.1. The first-order valence-electron chi connectivity index (χ1n) is 10.0. The van der Waals surface area contributed by atoms with Crippen molar-refractivity contribution in [3.63, 3.8) is 0 Å². The van der Waals surface area contributed by atoms with E-state index in [1.54, 1.807) is 24.0 Å². The normalized spacial score (nSPS) is 15.0. The second kappa shape index (κ2) is 10.9. The largest absolute Gasteiger partial charge is 0.354 e. The maximum atomic E-state index is 13.1. The minimum absolute atomic E-state index is 0.0561. The summed E-state index contributed by atoms with van der Waals surface area (Å²) in [4.78, 5) is 26.7. The summed E-state index contributed by atoms with van der Waals surface area (Å²) in [6.07, 6.45) is 9.02. The van der Waals surface area contributed by atoms with Crippen molar-refractivity contribution in [3.8, 4) is 0 Å². The molecular formula is C22H31FN2O2. The molecule has 0 fully saturated rings. The Balaban J connectivity index is 1.95. The molecule has 0 aliphatic heterocycles. The average Bonchev–Trinajstić information content (AvgIpc) is 2.68. The van der Waals surface area contributed by atoms with E-state index < -0.39 is 6.04 Å². The number of benzene rings is 1. The molecular weight excluding hydrogens is 343 g/mol. The lowest BCUT2D eigenvalue weighted by molar-refractivity contribution is -0.140. The van der Waals surface area contributed by atoms with Crippen LogP contribution in [0.2, 0.25) is 0 Å². The van der Waals surface area contributed by atoms with Crippen LogP contribution in [0.25, 0.3) is 0 Å². The first-order valence-corrected chi connectivity index (χ1v) is 10.0. The predicted molar refractivity (Wildman–Crippen MR) is 105 cm³/mol. The van der Waals surface area contributed by atoms with Gasteiger partial charge < -0.3 is 10.2 Å². The van der Waals surface area contributed by atoms with E-state index in [9.17, 15) is 14.0 Å². The zero-order valence-corrected chi connectivity index (χ0v) is 16.5. The highest BCUT2D eigenvalue weighted by Crippen LogP contribution is 2.19. The minimum atomic E-state index is -0.561. The second-order valence-electron chi connectivity index (χ2n) is 7.22. The molecule has 1 aromatic carbocycles. The molecule has 0 aromatic heterocycles. The highest BCUT2D eigenvalue weighted by molar-refractivity contribution is 5.87. The van der Waals surface area contributed by atoms with Crippen LogP contribution in [0, 0.1) is 5.82 Å². The van der Waals surface area contributed by atoms with Gasteiger partial charge in [0.15, 0.2) is 0 Å². The van der Waals surface area contributed by atoms with E-state index in [-0.39, 0.29) is 17.6 Å². The quantitative estimate of drug-likeness (QED) is 0.653. The Morgan fingerprint density at radius 1 is 1.22 bits per heavy atom. The highest BCUT2D eigenvalue weighted by Gasteiger charge is 2.25. The molecule has 0 saturated carbocycles. The first-order chi connectivity index (χ1) is 13.0. The van der Waals surface area contributed by atoms with Gasteiger partial charge >= 0.3 is 0 Å². The molecule has 1 N–H and O–H groups in total. The monoisotopic (exact) mass is 374 g/mol. The van der Waals surface area contributed by atoms with Gasteiger partial charge in [-0.2, -0.15) is 0 Å². The van der Waals surface area contributed by atoms with Gasteiger partial charge in [0, 0.05) is 19.5 Å². The van der Waals surface area contributed by atoms with Crippen molar-refractivity contribution in [1.29, 1.82) is 0 Å². The lowest BCUT2D eigenvalue weighted by Gasteiger charge is -2.29. The van der Waals surface area contributed by atoms with Gasteiger partial charge in [0.1, 0.15) is 11.9 Å². The molecule has 1 aliphatic rings. The van der Waals surface area contributed by atoms with E-state index in [1.165, 1.54) is 30.5 Å². The van der Waals surface area contributed by atoms with E-state index in [0.29, 0.717) is 19.5 Å². The van der Waals surface area contributed by atoms with Crippen LogP contribution in [-0.2, 0) is 16.1 Å². The van der Waals surface area contributed by atoms with E-state index in [2.05, 4.69) is 11.4 Å². The number of nitrogens with one attached hydrogen (secondary N) is 1. The second-order valence-corrected chi connectivity index (χ2v) is 7.22. The summed E-state index contributed by atoms with van der Waals surface area (Å²) in [7, 11) is 0. The summed E-state index contributed by atoms with van der Waals surface area (Å²) >= 11 is 0. The van der Waals surface area contributed by atoms with Gasteiger partial charge in [0.25, 0.3) is 0 Å². The number of nitrogens with zero attached hydrogens (tertiary/aromatic N) is 1. The van der Waals surface area contributed by atoms with Crippen molar-refractivity contribution in [3.05, 3.63) is 47.3 Å². The van der Waals surface area contributed by atoms with Gasteiger partial charge in [0.2, 0.25) is 11.8 Å². The van der Waals surface area contributed by atoms with Crippen molar-refractivity contribution >= 4 is 11.8 Å². The Bertz CT molecular complexity index is 655. The van der Waals surface area contributed by atoms with Crippen molar-refractivity contribution in [2.24, 2.45) is 0 Å². The molecule has 0 bridgehead atoms. The molecule has 1 aromatic rings. The van der Waals surface area contributed by atoms with Crippen LogP contribution < -0.4 is 5.32 Å². The summed E-state index contributed by atoms with van der Waals surface area (Å²) in [5, 5.41) is 2.97. The lowest BCUT2D eigenvalue weighted by Crippen LogP contribution is -2.47. The van der Waals surface area contributed by atoms with E-state index in [1.807, 2.05) is 6.92 Å². The van der Waals surface area contributed by atoms with Crippen LogP contribution >= 0.6 is 0 Å². The molecule has 1 aliphatic carbocycles. The molecule has 0 heterocycles. The Hall–Kier alpha value is -2.17. The van der Waals surface area contributed by atoms with Crippen LogP contribution in [0.15, 0.2) is 35.9 Å². The topological polar surface area (TPSA) is 49.4 Å². The van der Waals surface area contributed by atoms with E-state index in [4.69, 9.17) is 0 Å². The Labute approximate surface area is 161 Å². The highest BCUT2D eigenvalue weighted by atomic mass is 19.1. The molecule has 0 unspecified atom stereocenters. The molecule has 2 rings (SSSR count). The molecule has 0 saturated heterocycles. The number of hydrogen-bond acceptors (Lipinski definition) is 2. The molecule has 0 radical (unpaired) electrons.